The maximum Gasteiger partial charge on any atom is 0.326 e. The van der Waals surface area contributed by atoms with Crippen molar-refractivity contribution >= 4 is 23.7 Å². The molecule has 0 bridgehead atoms. The van der Waals surface area contributed by atoms with E-state index in [2.05, 4.69) is 25.9 Å². The smallest absolute Gasteiger partial charge is 0.326 e. The standard InChI is InChI=1S/C27H37N5O5/c1-17(2)12-23(27(36)37)32-26(35)22(14-20-15-28-16-29-20)31-25(34)21(13-18-8-4-3-5-9-18)30-24(33)19-10-6-7-11-19/h3-5,8-9,15-17,19,21-23H,6-7,10-14H2,1-2H3,(H,28,29)(H,30,33)(H,31,34)(H,32,35)(H,36,37)/t21-,22-,23-/m0/s1. The van der Waals surface area contributed by atoms with Gasteiger partial charge in [0.15, 0.2) is 0 Å². The van der Waals surface area contributed by atoms with E-state index in [9.17, 15) is 24.3 Å². The lowest BCUT2D eigenvalue weighted by atomic mass is 10.0. The van der Waals surface area contributed by atoms with Gasteiger partial charge in [0.1, 0.15) is 18.1 Å². The number of carboxylic acids is 1. The number of aliphatic carboxylic acids is 1. The number of hydrogen-bond acceptors (Lipinski definition) is 5. The molecular formula is C27H37N5O5. The minimum atomic E-state index is -1.14. The average molecular weight is 512 g/mol. The Morgan fingerprint density at radius 3 is 2.14 bits per heavy atom. The molecule has 1 fully saturated rings. The van der Waals surface area contributed by atoms with Crippen molar-refractivity contribution in [2.75, 3.05) is 0 Å². The summed E-state index contributed by atoms with van der Waals surface area (Å²) in [6, 6.07) is 6.30. The van der Waals surface area contributed by atoms with Crippen LogP contribution in [0.3, 0.4) is 0 Å². The van der Waals surface area contributed by atoms with Crippen LogP contribution < -0.4 is 16.0 Å². The first kappa shape index (κ1) is 27.9. The predicted molar refractivity (Wildman–Crippen MR) is 137 cm³/mol. The highest BCUT2D eigenvalue weighted by Crippen LogP contribution is 2.25. The molecule has 1 heterocycles. The highest BCUT2D eigenvalue weighted by molar-refractivity contribution is 5.94. The number of nitrogens with zero attached hydrogens (tertiary/aromatic N) is 1. The molecular weight excluding hydrogens is 474 g/mol. The maximum atomic E-state index is 13.5. The zero-order valence-electron chi connectivity index (χ0n) is 21.4. The third-order valence-corrected chi connectivity index (χ3v) is 6.58. The molecule has 2 aromatic rings. The van der Waals surface area contributed by atoms with Crippen LogP contribution in [0.15, 0.2) is 42.9 Å². The van der Waals surface area contributed by atoms with E-state index in [-0.39, 0.29) is 37.0 Å². The molecule has 200 valence electrons. The molecule has 0 saturated heterocycles. The largest absolute Gasteiger partial charge is 0.480 e. The summed E-state index contributed by atoms with van der Waals surface area (Å²) in [7, 11) is 0. The van der Waals surface area contributed by atoms with E-state index >= 15 is 0 Å². The molecule has 3 amide bonds. The molecule has 3 rings (SSSR count). The number of hydrogen-bond donors (Lipinski definition) is 5. The first-order valence-electron chi connectivity index (χ1n) is 12.9. The number of amides is 3. The van der Waals surface area contributed by atoms with E-state index < -0.39 is 35.9 Å². The van der Waals surface area contributed by atoms with E-state index in [1.165, 1.54) is 6.33 Å². The van der Waals surface area contributed by atoms with Crippen LogP contribution in [-0.2, 0) is 32.0 Å². The minimum absolute atomic E-state index is 0.0445. The monoisotopic (exact) mass is 511 g/mol. The molecule has 10 heteroatoms. The minimum Gasteiger partial charge on any atom is -0.480 e. The Morgan fingerprint density at radius 2 is 1.57 bits per heavy atom. The number of carbonyl (C=O) groups excluding carboxylic acids is 3. The number of imidazole rings is 1. The van der Waals surface area contributed by atoms with Gasteiger partial charge in [-0.25, -0.2) is 9.78 Å². The van der Waals surface area contributed by atoms with E-state index in [1.54, 1.807) is 6.20 Å². The normalized spacial score (nSPS) is 16.1. The van der Waals surface area contributed by atoms with Crippen molar-refractivity contribution in [1.29, 1.82) is 0 Å². The van der Waals surface area contributed by atoms with Gasteiger partial charge in [0.2, 0.25) is 17.7 Å². The molecule has 37 heavy (non-hydrogen) atoms. The molecule has 3 atom stereocenters. The summed E-state index contributed by atoms with van der Waals surface area (Å²) < 4.78 is 0. The summed E-state index contributed by atoms with van der Waals surface area (Å²) in [5.41, 5.74) is 1.47. The number of nitrogens with one attached hydrogen (secondary N) is 4. The summed E-state index contributed by atoms with van der Waals surface area (Å²) >= 11 is 0. The van der Waals surface area contributed by atoms with Gasteiger partial charge >= 0.3 is 5.97 Å². The summed E-state index contributed by atoms with van der Waals surface area (Å²) in [5, 5.41) is 17.8. The van der Waals surface area contributed by atoms with Gasteiger partial charge in [0.25, 0.3) is 0 Å². The third kappa shape index (κ3) is 8.73. The molecule has 5 N–H and O–H groups in total. The zero-order chi connectivity index (χ0) is 26.8. The number of H-pyrrole nitrogens is 1. The molecule has 1 aromatic heterocycles. The van der Waals surface area contributed by atoms with Crippen LogP contribution in [0.2, 0.25) is 0 Å². The van der Waals surface area contributed by atoms with Crippen molar-refractivity contribution in [2.24, 2.45) is 11.8 Å². The fourth-order valence-corrected chi connectivity index (χ4v) is 4.60. The summed E-state index contributed by atoms with van der Waals surface area (Å²) in [6.07, 6.45) is 7.16. The number of carboxylic acid groups (broad SMARTS) is 1. The average Bonchev–Trinajstić information content (AvgIpc) is 3.57. The van der Waals surface area contributed by atoms with Gasteiger partial charge in [-0.1, -0.05) is 57.0 Å². The van der Waals surface area contributed by atoms with E-state index in [0.29, 0.717) is 5.69 Å². The Bertz CT molecular complexity index is 1030. The van der Waals surface area contributed by atoms with Crippen LogP contribution in [0.25, 0.3) is 0 Å². The summed E-state index contributed by atoms with van der Waals surface area (Å²) in [4.78, 5) is 58.2. The SMILES string of the molecule is CC(C)C[C@H](NC(=O)[C@H](Cc1cnc[nH]1)NC(=O)[C@H](Cc1ccccc1)NC(=O)C1CCCC1)C(=O)O. The molecule has 0 aliphatic heterocycles. The second-order valence-corrected chi connectivity index (χ2v) is 10.1. The lowest BCUT2D eigenvalue weighted by molar-refractivity contribution is -0.142. The maximum absolute atomic E-state index is 13.5. The molecule has 1 saturated carbocycles. The summed E-state index contributed by atoms with van der Waals surface area (Å²) in [5.74, 6) is -2.50. The van der Waals surface area contributed by atoms with Crippen molar-refractivity contribution in [2.45, 2.75) is 76.9 Å². The van der Waals surface area contributed by atoms with Gasteiger partial charge in [-0.05, 0) is 30.7 Å². The van der Waals surface area contributed by atoms with Crippen LogP contribution in [-0.4, -0.2) is 56.9 Å². The summed E-state index contributed by atoms with van der Waals surface area (Å²) in [6.45, 7) is 3.74. The fourth-order valence-electron chi connectivity index (χ4n) is 4.60. The highest BCUT2D eigenvalue weighted by Gasteiger charge is 2.32. The van der Waals surface area contributed by atoms with Crippen LogP contribution in [0.4, 0.5) is 0 Å². The predicted octanol–water partition coefficient (Wildman–Crippen LogP) is 1.97. The van der Waals surface area contributed by atoms with Crippen molar-refractivity contribution in [3.63, 3.8) is 0 Å². The Labute approximate surface area is 217 Å². The van der Waals surface area contributed by atoms with Gasteiger partial charge < -0.3 is 26.0 Å². The first-order chi connectivity index (χ1) is 17.7. The van der Waals surface area contributed by atoms with Gasteiger partial charge in [0.05, 0.1) is 6.33 Å². The number of aromatic nitrogens is 2. The quantitative estimate of drug-likeness (QED) is 0.277. The van der Waals surface area contributed by atoms with E-state index in [0.717, 1.165) is 31.2 Å². The molecule has 1 aliphatic rings. The first-order valence-corrected chi connectivity index (χ1v) is 12.9. The molecule has 1 aromatic carbocycles. The third-order valence-electron chi connectivity index (χ3n) is 6.58. The number of carbonyl (C=O) groups is 4. The lowest BCUT2D eigenvalue weighted by Gasteiger charge is -2.25. The van der Waals surface area contributed by atoms with E-state index in [1.807, 2.05) is 44.2 Å². The Morgan fingerprint density at radius 1 is 0.946 bits per heavy atom. The van der Waals surface area contributed by atoms with Crippen LogP contribution in [0.5, 0.6) is 0 Å². The van der Waals surface area contributed by atoms with Crippen molar-refractivity contribution in [3.05, 3.63) is 54.1 Å². The topological polar surface area (TPSA) is 153 Å². The Balaban J connectivity index is 1.78. The van der Waals surface area contributed by atoms with Crippen molar-refractivity contribution in [1.82, 2.24) is 25.9 Å². The number of rotatable bonds is 13. The van der Waals surface area contributed by atoms with Gasteiger partial charge in [0, 0.05) is 30.7 Å². The van der Waals surface area contributed by atoms with Gasteiger partial charge in [-0.3, -0.25) is 14.4 Å². The van der Waals surface area contributed by atoms with Gasteiger partial charge in [-0.2, -0.15) is 0 Å². The molecule has 0 unspecified atom stereocenters. The Hall–Kier alpha value is -3.69. The van der Waals surface area contributed by atoms with E-state index in [4.69, 9.17) is 0 Å². The van der Waals surface area contributed by atoms with Crippen LogP contribution in [0.1, 0.15) is 57.2 Å². The highest BCUT2D eigenvalue weighted by atomic mass is 16.4. The van der Waals surface area contributed by atoms with Crippen LogP contribution in [0, 0.1) is 11.8 Å². The molecule has 0 spiro atoms. The molecule has 10 nitrogen and oxygen atoms in total. The molecule has 0 radical (unpaired) electrons. The number of aromatic amines is 1. The molecule has 1 aliphatic carbocycles. The lowest BCUT2D eigenvalue weighted by Crippen LogP contribution is -2.57. The fraction of sp³-hybridized carbons (Fsp3) is 0.519. The van der Waals surface area contributed by atoms with Crippen molar-refractivity contribution < 1.29 is 24.3 Å². The Kier molecular flexibility index (Phi) is 10.2. The van der Waals surface area contributed by atoms with Gasteiger partial charge in [-0.15, -0.1) is 0 Å². The number of benzene rings is 1. The second-order valence-electron chi connectivity index (χ2n) is 10.1. The second kappa shape index (κ2) is 13.6. The zero-order valence-corrected chi connectivity index (χ0v) is 21.4. The van der Waals surface area contributed by atoms with Crippen molar-refractivity contribution in [3.8, 4) is 0 Å². The van der Waals surface area contributed by atoms with Crippen LogP contribution >= 0.6 is 0 Å².